The summed E-state index contributed by atoms with van der Waals surface area (Å²) < 4.78 is 18.5. The van der Waals surface area contributed by atoms with Crippen LogP contribution < -0.4 is 4.74 Å². The van der Waals surface area contributed by atoms with Gasteiger partial charge in [-0.25, -0.2) is 4.39 Å². The number of carbonyl (C=O) groups is 1. The summed E-state index contributed by atoms with van der Waals surface area (Å²) in [5.74, 6) is 1.40. The van der Waals surface area contributed by atoms with Gasteiger partial charge in [0.25, 0.3) is 0 Å². The lowest BCUT2D eigenvalue weighted by atomic mass is 10.1. The van der Waals surface area contributed by atoms with Crippen molar-refractivity contribution in [3.63, 3.8) is 0 Å². The van der Waals surface area contributed by atoms with Gasteiger partial charge in [-0.15, -0.1) is 0 Å². The van der Waals surface area contributed by atoms with E-state index < -0.39 is 0 Å². The molecule has 0 bridgehead atoms. The van der Waals surface area contributed by atoms with Crippen LogP contribution in [0.4, 0.5) is 4.39 Å². The van der Waals surface area contributed by atoms with E-state index in [0.29, 0.717) is 12.5 Å². The zero-order chi connectivity index (χ0) is 16.8. The molecule has 0 spiro atoms. The van der Waals surface area contributed by atoms with Crippen molar-refractivity contribution in [1.29, 1.82) is 0 Å². The van der Waals surface area contributed by atoms with Crippen LogP contribution in [0.25, 0.3) is 0 Å². The Hall–Kier alpha value is -2.16. The second kappa shape index (κ2) is 7.91. The van der Waals surface area contributed by atoms with E-state index in [0.717, 1.165) is 17.7 Å². The molecule has 1 aliphatic carbocycles. The Morgan fingerprint density at radius 1 is 1.09 bits per heavy atom. The SMILES string of the molecule is CC.CC(=O)C1CC1c1ccc(OCc2ccc(F)cc2)cc1. The van der Waals surface area contributed by atoms with Gasteiger partial charge in [0.05, 0.1) is 0 Å². The molecule has 0 radical (unpaired) electrons. The fourth-order valence-electron chi connectivity index (χ4n) is 2.57. The van der Waals surface area contributed by atoms with E-state index in [-0.39, 0.29) is 17.5 Å². The molecule has 1 fully saturated rings. The van der Waals surface area contributed by atoms with Crippen molar-refractivity contribution in [1.82, 2.24) is 0 Å². The molecule has 2 aromatic carbocycles. The molecule has 1 aliphatic rings. The molecule has 2 unspecified atom stereocenters. The Morgan fingerprint density at radius 2 is 1.70 bits per heavy atom. The molecule has 0 aliphatic heterocycles. The first-order valence-electron chi connectivity index (χ1n) is 8.11. The monoisotopic (exact) mass is 314 g/mol. The molecule has 23 heavy (non-hydrogen) atoms. The molecule has 0 amide bonds. The maximum absolute atomic E-state index is 12.8. The highest BCUT2D eigenvalue weighted by atomic mass is 19.1. The number of ketones is 1. The summed E-state index contributed by atoms with van der Waals surface area (Å²) in [5.41, 5.74) is 2.13. The van der Waals surface area contributed by atoms with Crippen molar-refractivity contribution in [3.8, 4) is 5.75 Å². The Bertz CT molecular complexity index is 632. The maximum atomic E-state index is 12.8. The van der Waals surface area contributed by atoms with Gasteiger partial charge in [-0.3, -0.25) is 4.79 Å². The molecule has 0 N–H and O–H groups in total. The molecular formula is C20H23FO2. The minimum atomic E-state index is -0.243. The number of benzene rings is 2. The van der Waals surface area contributed by atoms with Gasteiger partial charge in [-0.2, -0.15) is 0 Å². The van der Waals surface area contributed by atoms with Gasteiger partial charge in [0, 0.05) is 5.92 Å². The summed E-state index contributed by atoms with van der Waals surface area (Å²) in [6.07, 6.45) is 0.963. The zero-order valence-corrected chi connectivity index (χ0v) is 13.9. The Labute approximate surface area is 137 Å². The predicted octanol–water partition coefficient (Wildman–Crippen LogP) is 5.12. The van der Waals surface area contributed by atoms with E-state index in [4.69, 9.17) is 4.74 Å². The molecule has 122 valence electrons. The predicted molar refractivity (Wildman–Crippen MR) is 90.1 cm³/mol. The fraction of sp³-hybridized carbons (Fsp3) is 0.350. The number of ether oxygens (including phenoxy) is 1. The first kappa shape index (κ1) is 17.2. The second-order valence-corrected chi connectivity index (χ2v) is 5.54. The molecule has 1 saturated carbocycles. The molecule has 2 atom stereocenters. The lowest BCUT2D eigenvalue weighted by Crippen LogP contribution is -1.96. The van der Waals surface area contributed by atoms with Crippen molar-refractivity contribution in [2.45, 2.75) is 39.7 Å². The number of hydrogen-bond donors (Lipinski definition) is 0. The number of carbonyl (C=O) groups excluding carboxylic acids is 1. The third-order valence-corrected chi connectivity index (χ3v) is 3.94. The van der Waals surface area contributed by atoms with E-state index in [1.54, 1.807) is 19.1 Å². The van der Waals surface area contributed by atoms with Crippen molar-refractivity contribution in [3.05, 3.63) is 65.5 Å². The first-order valence-corrected chi connectivity index (χ1v) is 8.11. The molecule has 0 aromatic heterocycles. The maximum Gasteiger partial charge on any atom is 0.133 e. The van der Waals surface area contributed by atoms with Gasteiger partial charge in [0.1, 0.15) is 24.0 Å². The van der Waals surface area contributed by atoms with E-state index in [1.807, 2.05) is 38.1 Å². The standard InChI is InChI=1S/C18H17FO2.C2H6/c1-12(20)17-10-18(17)14-4-8-16(9-5-14)21-11-13-2-6-15(19)7-3-13;1-2/h2-9,17-18H,10-11H2,1H3;1-2H3. The van der Waals surface area contributed by atoms with Crippen LogP contribution in [0.15, 0.2) is 48.5 Å². The third kappa shape index (κ3) is 4.65. The molecule has 2 aromatic rings. The normalized spacial score (nSPS) is 18.6. The molecule has 2 nitrogen and oxygen atoms in total. The van der Waals surface area contributed by atoms with Crippen molar-refractivity contribution in [2.75, 3.05) is 0 Å². The smallest absolute Gasteiger partial charge is 0.133 e. The molecule has 0 heterocycles. The van der Waals surface area contributed by atoms with Crippen LogP contribution in [0.5, 0.6) is 5.75 Å². The number of Topliss-reactive ketones (excluding diaryl/α,β-unsaturated/α-hetero) is 1. The fourth-order valence-corrected chi connectivity index (χ4v) is 2.57. The highest BCUT2D eigenvalue weighted by Crippen LogP contribution is 2.48. The van der Waals surface area contributed by atoms with Crippen LogP contribution in [0.1, 0.15) is 44.2 Å². The lowest BCUT2D eigenvalue weighted by Gasteiger charge is -2.07. The van der Waals surface area contributed by atoms with Gasteiger partial charge < -0.3 is 4.74 Å². The number of hydrogen-bond acceptors (Lipinski definition) is 2. The molecule has 3 rings (SSSR count). The average Bonchev–Trinajstić information content (AvgIpc) is 3.38. The van der Waals surface area contributed by atoms with Crippen LogP contribution in [0, 0.1) is 11.7 Å². The van der Waals surface area contributed by atoms with Gasteiger partial charge in [0.2, 0.25) is 0 Å². The molecular weight excluding hydrogens is 291 g/mol. The summed E-state index contributed by atoms with van der Waals surface area (Å²) in [6.45, 7) is 6.07. The highest BCUT2D eigenvalue weighted by Gasteiger charge is 2.41. The minimum absolute atomic E-state index is 0.205. The minimum Gasteiger partial charge on any atom is -0.489 e. The van der Waals surface area contributed by atoms with Gasteiger partial charge in [-0.05, 0) is 54.7 Å². The Kier molecular flexibility index (Phi) is 5.91. The van der Waals surface area contributed by atoms with Crippen LogP contribution in [-0.4, -0.2) is 5.78 Å². The summed E-state index contributed by atoms with van der Waals surface area (Å²) in [4.78, 5) is 11.3. The van der Waals surface area contributed by atoms with Crippen molar-refractivity contribution < 1.29 is 13.9 Å². The van der Waals surface area contributed by atoms with Crippen LogP contribution in [0.3, 0.4) is 0 Å². The third-order valence-electron chi connectivity index (χ3n) is 3.94. The van der Waals surface area contributed by atoms with Crippen molar-refractivity contribution in [2.24, 2.45) is 5.92 Å². The van der Waals surface area contributed by atoms with Gasteiger partial charge in [-0.1, -0.05) is 38.1 Å². The summed E-state index contributed by atoms with van der Waals surface area (Å²) in [6, 6.07) is 14.2. The summed E-state index contributed by atoms with van der Waals surface area (Å²) in [5, 5.41) is 0. The van der Waals surface area contributed by atoms with Crippen LogP contribution in [0.2, 0.25) is 0 Å². The molecule has 3 heteroatoms. The number of halogens is 1. The highest BCUT2D eigenvalue weighted by molar-refractivity contribution is 5.82. The number of rotatable bonds is 5. The summed E-state index contributed by atoms with van der Waals surface area (Å²) >= 11 is 0. The zero-order valence-electron chi connectivity index (χ0n) is 13.9. The second-order valence-electron chi connectivity index (χ2n) is 5.54. The largest absolute Gasteiger partial charge is 0.489 e. The van der Waals surface area contributed by atoms with E-state index in [1.165, 1.54) is 17.7 Å². The quantitative estimate of drug-likeness (QED) is 0.765. The van der Waals surface area contributed by atoms with E-state index in [2.05, 4.69) is 0 Å². The van der Waals surface area contributed by atoms with Gasteiger partial charge in [0.15, 0.2) is 0 Å². The first-order chi connectivity index (χ1) is 11.1. The lowest BCUT2D eigenvalue weighted by molar-refractivity contribution is -0.118. The average molecular weight is 314 g/mol. The Balaban J connectivity index is 0.000000924. The van der Waals surface area contributed by atoms with Crippen LogP contribution in [-0.2, 0) is 11.4 Å². The van der Waals surface area contributed by atoms with E-state index >= 15 is 0 Å². The topological polar surface area (TPSA) is 26.3 Å². The van der Waals surface area contributed by atoms with E-state index in [9.17, 15) is 9.18 Å². The summed E-state index contributed by atoms with van der Waals surface area (Å²) in [7, 11) is 0. The van der Waals surface area contributed by atoms with Gasteiger partial charge >= 0.3 is 0 Å². The van der Waals surface area contributed by atoms with Crippen LogP contribution >= 0.6 is 0 Å². The molecule has 0 saturated heterocycles. The van der Waals surface area contributed by atoms with Crippen molar-refractivity contribution >= 4 is 5.78 Å². The Morgan fingerprint density at radius 3 is 2.22 bits per heavy atom.